The maximum Gasteiger partial charge on any atom is 0.233 e. The van der Waals surface area contributed by atoms with Gasteiger partial charge < -0.3 is 11.1 Å². The molecule has 2 rings (SSSR count). The summed E-state index contributed by atoms with van der Waals surface area (Å²) in [4.78, 5) is 12.3. The van der Waals surface area contributed by atoms with Gasteiger partial charge in [-0.05, 0) is 31.6 Å². The lowest BCUT2D eigenvalue weighted by Crippen LogP contribution is -2.56. The molecular weight excluding hydrogens is 196 g/mol. The minimum absolute atomic E-state index is 0.0607. The van der Waals surface area contributed by atoms with Crippen molar-refractivity contribution in [1.82, 2.24) is 5.32 Å². The Labute approximate surface area is 89.4 Å². The quantitative estimate of drug-likeness (QED) is 0.685. The third-order valence-electron chi connectivity index (χ3n) is 3.21. The molecule has 78 valence electrons. The number of nitrogens with two attached hydrogens (primary N) is 1. The number of carbonyl (C=O) groups is 1. The first-order valence-corrected chi connectivity index (χ1v) is 5.56. The molecule has 4 heteroatoms. The van der Waals surface area contributed by atoms with E-state index in [1.54, 1.807) is 0 Å². The molecule has 2 aliphatic rings. The smallest absolute Gasteiger partial charge is 0.233 e. The molecule has 0 heterocycles. The lowest BCUT2D eigenvalue weighted by Gasteiger charge is -2.44. The summed E-state index contributed by atoms with van der Waals surface area (Å²) in [7, 11) is 0. The van der Waals surface area contributed by atoms with E-state index in [9.17, 15) is 4.79 Å². The Balaban J connectivity index is 2.03. The van der Waals surface area contributed by atoms with Crippen LogP contribution in [0.4, 0.5) is 0 Å². The molecule has 0 aliphatic heterocycles. The van der Waals surface area contributed by atoms with E-state index in [0.29, 0.717) is 16.9 Å². The van der Waals surface area contributed by atoms with Gasteiger partial charge in [0, 0.05) is 6.04 Å². The van der Waals surface area contributed by atoms with E-state index in [-0.39, 0.29) is 5.91 Å². The molecule has 14 heavy (non-hydrogen) atoms. The molecule has 2 saturated carbocycles. The van der Waals surface area contributed by atoms with E-state index in [1.165, 1.54) is 0 Å². The third kappa shape index (κ3) is 1.52. The highest BCUT2D eigenvalue weighted by Crippen LogP contribution is 2.46. The summed E-state index contributed by atoms with van der Waals surface area (Å²) < 4.78 is 0. The number of thiocarbonyl (C=S) groups is 1. The first-order chi connectivity index (χ1) is 6.54. The molecule has 0 aromatic heterocycles. The van der Waals surface area contributed by atoms with E-state index in [1.807, 2.05) is 0 Å². The number of hydrogen-bond donors (Lipinski definition) is 2. The van der Waals surface area contributed by atoms with E-state index < -0.39 is 5.41 Å². The first kappa shape index (κ1) is 9.90. The normalized spacial score (nSPS) is 35.9. The number of amides is 1. The van der Waals surface area contributed by atoms with Crippen molar-refractivity contribution in [3.8, 4) is 0 Å². The van der Waals surface area contributed by atoms with Gasteiger partial charge in [-0.1, -0.05) is 19.1 Å². The highest BCUT2D eigenvalue weighted by atomic mass is 32.1. The SMILES string of the molecule is CC1CC(C(=O)NC2CC2)(C(N)=S)C1. The molecule has 0 unspecified atom stereocenters. The van der Waals surface area contributed by atoms with Crippen LogP contribution in [0.3, 0.4) is 0 Å². The fourth-order valence-corrected chi connectivity index (χ4v) is 2.44. The zero-order valence-electron chi connectivity index (χ0n) is 8.38. The van der Waals surface area contributed by atoms with Gasteiger partial charge in [-0.2, -0.15) is 0 Å². The fraction of sp³-hybridized carbons (Fsp3) is 0.800. The third-order valence-corrected chi connectivity index (χ3v) is 3.60. The van der Waals surface area contributed by atoms with Gasteiger partial charge in [0.1, 0.15) is 0 Å². The zero-order valence-corrected chi connectivity index (χ0v) is 9.19. The summed E-state index contributed by atoms with van der Waals surface area (Å²) in [6, 6.07) is 0.393. The van der Waals surface area contributed by atoms with Crippen LogP contribution < -0.4 is 11.1 Å². The van der Waals surface area contributed by atoms with Crippen molar-refractivity contribution in [2.24, 2.45) is 17.1 Å². The molecule has 0 aromatic carbocycles. The molecule has 2 aliphatic carbocycles. The Morgan fingerprint density at radius 1 is 1.50 bits per heavy atom. The second kappa shape index (κ2) is 3.19. The Hall–Kier alpha value is -0.640. The van der Waals surface area contributed by atoms with Crippen LogP contribution in [0.5, 0.6) is 0 Å². The van der Waals surface area contributed by atoms with Crippen LogP contribution in [-0.2, 0) is 4.79 Å². The topological polar surface area (TPSA) is 55.1 Å². The molecule has 0 radical (unpaired) electrons. The lowest BCUT2D eigenvalue weighted by molar-refractivity contribution is -0.133. The maximum absolute atomic E-state index is 11.9. The highest BCUT2D eigenvalue weighted by molar-refractivity contribution is 7.80. The van der Waals surface area contributed by atoms with E-state index in [4.69, 9.17) is 18.0 Å². The van der Waals surface area contributed by atoms with Gasteiger partial charge in [-0.3, -0.25) is 4.79 Å². The Bertz CT molecular complexity index is 280. The van der Waals surface area contributed by atoms with E-state index in [0.717, 1.165) is 25.7 Å². The van der Waals surface area contributed by atoms with Crippen molar-refractivity contribution in [2.75, 3.05) is 0 Å². The Kier molecular flexibility index (Phi) is 2.26. The minimum Gasteiger partial charge on any atom is -0.392 e. The average Bonchev–Trinajstić information content (AvgIpc) is 2.80. The monoisotopic (exact) mass is 212 g/mol. The number of rotatable bonds is 3. The van der Waals surface area contributed by atoms with Crippen molar-refractivity contribution in [3.05, 3.63) is 0 Å². The van der Waals surface area contributed by atoms with Crippen LogP contribution in [-0.4, -0.2) is 16.9 Å². The van der Waals surface area contributed by atoms with Crippen LogP contribution in [0.25, 0.3) is 0 Å². The summed E-state index contributed by atoms with van der Waals surface area (Å²) >= 11 is 5.00. The molecule has 3 N–H and O–H groups in total. The largest absolute Gasteiger partial charge is 0.392 e. The lowest BCUT2D eigenvalue weighted by atomic mass is 9.62. The molecule has 0 aromatic rings. The van der Waals surface area contributed by atoms with Crippen molar-refractivity contribution in [2.45, 2.75) is 38.6 Å². The molecule has 0 bridgehead atoms. The van der Waals surface area contributed by atoms with Crippen molar-refractivity contribution >= 4 is 23.1 Å². The molecular formula is C10H16N2OS. The van der Waals surface area contributed by atoms with Crippen LogP contribution in [0.1, 0.15) is 32.6 Å². The van der Waals surface area contributed by atoms with Crippen molar-refractivity contribution in [3.63, 3.8) is 0 Å². The number of nitrogens with one attached hydrogen (secondary N) is 1. The van der Waals surface area contributed by atoms with Gasteiger partial charge >= 0.3 is 0 Å². The number of carbonyl (C=O) groups excluding carboxylic acids is 1. The highest BCUT2D eigenvalue weighted by Gasteiger charge is 2.51. The maximum atomic E-state index is 11.9. The predicted molar refractivity (Wildman–Crippen MR) is 58.8 cm³/mol. The molecule has 2 fully saturated rings. The molecule has 0 spiro atoms. The fourth-order valence-electron chi connectivity index (χ4n) is 2.18. The summed E-state index contributed by atoms with van der Waals surface area (Å²) in [5, 5.41) is 2.99. The molecule has 3 nitrogen and oxygen atoms in total. The average molecular weight is 212 g/mol. The minimum atomic E-state index is -0.517. The van der Waals surface area contributed by atoms with Gasteiger partial charge in [-0.15, -0.1) is 0 Å². The summed E-state index contributed by atoms with van der Waals surface area (Å²) in [5.41, 5.74) is 5.15. The van der Waals surface area contributed by atoms with Crippen LogP contribution >= 0.6 is 12.2 Å². The van der Waals surface area contributed by atoms with Gasteiger partial charge in [0.25, 0.3) is 0 Å². The van der Waals surface area contributed by atoms with Crippen molar-refractivity contribution in [1.29, 1.82) is 0 Å². The second-order valence-electron chi connectivity index (χ2n) is 4.71. The van der Waals surface area contributed by atoms with Crippen LogP contribution in [0.2, 0.25) is 0 Å². The second-order valence-corrected chi connectivity index (χ2v) is 5.15. The van der Waals surface area contributed by atoms with Crippen LogP contribution in [0.15, 0.2) is 0 Å². The predicted octanol–water partition coefficient (Wildman–Crippen LogP) is 0.967. The summed E-state index contributed by atoms with van der Waals surface area (Å²) in [5.74, 6) is 0.632. The van der Waals surface area contributed by atoms with Gasteiger partial charge in [0.05, 0.1) is 10.4 Å². The Morgan fingerprint density at radius 2 is 2.07 bits per heavy atom. The molecule has 0 atom stereocenters. The molecule has 1 amide bonds. The van der Waals surface area contributed by atoms with Crippen LogP contribution in [0, 0.1) is 11.3 Å². The zero-order chi connectivity index (χ0) is 10.3. The number of hydrogen-bond acceptors (Lipinski definition) is 2. The first-order valence-electron chi connectivity index (χ1n) is 5.15. The van der Waals surface area contributed by atoms with Crippen molar-refractivity contribution < 1.29 is 4.79 Å². The molecule has 0 saturated heterocycles. The summed E-state index contributed by atoms with van der Waals surface area (Å²) in [6.07, 6.45) is 3.85. The standard InChI is InChI=1S/C10H16N2OS/c1-6-4-10(5-6,8(11)14)9(13)12-7-2-3-7/h6-7H,2-5H2,1H3,(H2,11,14)(H,12,13). The summed E-state index contributed by atoms with van der Waals surface area (Å²) in [6.45, 7) is 2.13. The van der Waals surface area contributed by atoms with E-state index >= 15 is 0 Å². The van der Waals surface area contributed by atoms with Gasteiger partial charge in [-0.25, -0.2) is 0 Å². The van der Waals surface area contributed by atoms with E-state index in [2.05, 4.69) is 12.2 Å². The van der Waals surface area contributed by atoms with Gasteiger partial charge in [0.15, 0.2) is 0 Å². The Morgan fingerprint density at radius 3 is 2.43 bits per heavy atom. The van der Waals surface area contributed by atoms with Gasteiger partial charge in [0.2, 0.25) is 5.91 Å².